The van der Waals surface area contributed by atoms with Gasteiger partial charge in [-0.25, -0.2) is 0 Å². The number of carbonyl (C=O) groups excluding carboxylic acids is 1. The van der Waals surface area contributed by atoms with Crippen LogP contribution in [0.5, 0.6) is 0 Å². The van der Waals surface area contributed by atoms with Crippen LogP contribution >= 0.6 is 0 Å². The Morgan fingerprint density at radius 1 is 1.27 bits per heavy atom. The number of aldehydes is 1. The zero-order valence-corrected chi connectivity index (χ0v) is 13.6. The van der Waals surface area contributed by atoms with Gasteiger partial charge in [0.15, 0.2) is 6.29 Å². The lowest BCUT2D eigenvalue weighted by molar-refractivity contribution is 0.112. The van der Waals surface area contributed by atoms with Crippen LogP contribution in [-0.4, -0.2) is 43.4 Å². The lowest BCUT2D eigenvalue weighted by atomic mass is 9.92. The maximum atomic E-state index is 12.1. The number of fused-ring (bicyclic) bond motifs is 1. The third kappa shape index (κ3) is 3.54. The molecular formula is C17H23N3O2. The van der Waals surface area contributed by atoms with Crippen LogP contribution in [0.3, 0.4) is 0 Å². The van der Waals surface area contributed by atoms with Crippen LogP contribution in [0, 0.1) is 5.41 Å². The monoisotopic (exact) mass is 301 g/mol. The predicted octanol–water partition coefficient (Wildman–Crippen LogP) is 2.34. The average Bonchev–Trinajstić information content (AvgIpc) is 2.43. The van der Waals surface area contributed by atoms with Gasteiger partial charge in [0.05, 0.1) is 11.2 Å². The van der Waals surface area contributed by atoms with Crippen molar-refractivity contribution >= 4 is 22.9 Å². The predicted molar refractivity (Wildman–Crippen MR) is 90.8 cm³/mol. The molecule has 2 aromatic rings. The Balaban J connectivity index is 2.41. The number of benzene rings is 1. The molecule has 1 heterocycles. The molecule has 0 atom stereocenters. The SMILES string of the molecule is CN(C)CC(C)(C)CNc1c(C=O)c(=O)[nH]c2ccccc12. The van der Waals surface area contributed by atoms with Crippen LogP contribution in [0.25, 0.3) is 10.9 Å². The minimum absolute atomic E-state index is 0.00730. The Hall–Kier alpha value is -2.14. The highest BCUT2D eigenvalue weighted by Crippen LogP contribution is 2.25. The van der Waals surface area contributed by atoms with Gasteiger partial charge >= 0.3 is 0 Å². The minimum Gasteiger partial charge on any atom is -0.383 e. The first-order valence-electron chi connectivity index (χ1n) is 7.33. The van der Waals surface area contributed by atoms with Crippen LogP contribution in [0.4, 0.5) is 5.69 Å². The maximum Gasteiger partial charge on any atom is 0.261 e. The van der Waals surface area contributed by atoms with Gasteiger partial charge in [-0.3, -0.25) is 9.59 Å². The highest BCUT2D eigenvalue weighted by atomic mass is 16.1. The molecule has 118 valence electrons. The fourth-order valence-electron chi connectivity index (χ4n) is 2.80. The molecule has 0 unspecified atom stereocenters. The summed E-state index contributed by atoms with van der Waals surface area (Å²) in [4.78, 5) is 28.2. The fraction of sp³-hybridized carbons (Fsp3) is 0.412. The van der Waals surface area contributed by atoms with Gasteiger partial charge in [-0.15, -0.1) is 0 Å². The van der Waals surface area contributed by atoms with Crippen molar-refractivity contribution in [2.24, 2.45) is 5.41 Å². The molecule has 2 rings (SSSR count). The highest BCUT2D eigenvalue weighted by Gasteiger charge is 2.20. The van der Waals surface area contributed by atoms with Gasteiger partial charge in [0.25, 0.3) is 5.56 Å². The molecule has 0 spiro atoms. The molecule has 0 amide bonds. The number of hydrogen-bond acceptors (Lipinski definition) is 4. The molecule has 0 saturated heterocycles. The van der Waals surface area contributed by atoms with Crippen molar-refractivity contribution in [3.8, 4) is 0 Å². The Morgan fingerprint density at radius 2 is 1.95 bits per heavy atom. The summed E-state index contributed by atoms with van der Waals surface area (Å²) in [6.45, 7) is 5.86. The van der Waals surface area contributed by atoms with Gasteiger partial charge in [-0.1, -0.05) is 32.0 Å². The van der Waals surface area contributed by atoms with Crippen LogP contribution < -0.4 is 10.9 Å². The second-order valence-electron chi connectivity index (χ2n) is 6.66. The molecule has 0 bridgehead atoms. The van der Waals surface area contributed by atoms with Crippen molar-refractivity contribution in [3.63, 3.8) is 0 Å². The first kappa shape index (κ1) is 16.2. The second kappa shape index (κ2) is 6.32. The number of hydrogen-bond donors (Lipinski definition) is 2. The molecule has 0 fully saturated rings. The highest BCUT2D eigenvalue weighted by molar-refractivity contribution is 5.99. The molecule has 1 aromatic carbocycles. The summed E-state index contributed by atoms with van der Waals surface area (Å²) < 4.78 is 0. The number of H-pyrrole nitrogens is 1. The first-order chi connectivity index (χ1) is 10.3. The zero-order chi connectivity index (χ0) is 16.3. The number of carbonyl (C=O) groups is 1. The normalized spacial score (nSPS) is 11.9. The number of para-hydroxylation sites is 1. The lowest BCUT2D eigenvalue weighted by Crippen LogP contribution is -2.35. The molecule has 2 N–H and O–H groups in total. The zero-order valence-electron chi connectivity index (χ0n) is 13.6. The molecule has 0 aliphatic rings. The molecule has 0 radical (unpaired) electrons. The average molecular weight is 301 g/mol. The fourth-order valence-corrected chi connectivity index (χ4v) is 2.80. The third-order valence-electron chi connectivity index (χ3n) is 3.56. The summed E-state index contributed by atoms with van der Waals surface area (Å²) in [7, 11) is 4.06. The van der Waals surface area contributed by atoms with Crippen molar-refractivity contribution in [1.82, 2.24) is 9.88 Å². The van der Waals surface area contributed by atoms with E-state index < -0.39 is 0 Å². The number of pyridine rings is 1. The van der Waals surface area contributed by atoms with E-state index >= 15 is 0 Å². The number of aromatic nitrogens is 1. The summed E-state index contributed by atoms with van der Waals surface area (Å²) in [6, 6.07) is 7.49. The second-order valence-corrected chi connectivity index (χ2v) is 6.66. The van der Waals surface area contributed by atoms with Crippen molar-refractivity contribution in [2.45, 2.75) is 13.8 Å². The van der Waals surface area contributed by atoms with Gasteiger partial charge in [-0.05, 0) is 25.6 Å². The molecule has 0 aliphatic heterocycles. The molecular weight excluding hydrogens is 278 g/mol. The van der Waals surface area contributed by atoms with Crippen molar-refractivity contribution in [2.75, 3.05) is 32.5 Å². The van der Waals surface area contributed by atoms with Crippen molar-refractivity contribution < 1.29 is 4.79 Å². The topological polar surface area (TPSA) is 65.2 Å². The van der Waals surface area contributed by atoms with E-state index in [2.05, 4.69) is 29.0 Å². The minimum atomic E-state index is -0.360. The molecule has 1 aromatic heterocycles. The molecule has 22 heavy (non-hydrogen) atoms. The summed E-state index contributed by atoms with van der Waals surface area (Å²) in [5.74, 6) is 0. The van der Waals surface area contributed by atoms with Crippen LogP contribution in [0.2, 0.25) is 0 Å². The quantitative estimate of drug-likeness (QED) is 0.804. The number of anilines is 1. The number of aromatic amines is 1. The number of rotatable bonds is 6. The van der Waals surface area contributed by atoms with Gasteiger partial charge in [-0.2, -0.15) is 0 Å². The van der Waals surface area contributed by atoms with E-state index in [9.17, 15) is 9.59 Å². The summed E-state index contributed by atoms with van der Waals surface area (Å²) in [6.07, 6.45) is 0.618. The molecule has 0 saturated carbocycles. The van der Waals surface area contributed by atoms with E-state index in [1.165, 1.54) is 0 Å². The van der Waals surface area contributed by atoms with Gasteiger partial charge in [0.1, 0.15) is 5.56 Å². The standard InChI is InChI=1S/C17H23N3O2/c1-17(2,11-20(3)4)10-18-15-12-7-5-6-8-14(12)19-16(22)13(15)9-21/h5-9H,10-11H2,1-4H3,(H2,18,19,22). The van der Waals surface area contributed by atoms with E-state index in [1.54, 1.807) is 0 Å². The number of nitrogens with one attached hydrogen (secondary N) is 2. The Labute approximate surface area is 130 Å². The number of nitrogens with zero attached hydrogens (tertiary/aromatic N) is 1. The van der Waals surface area contributed by atoms with Gasteiger partial charge in [0.2, 0.25) is 0 Å². The summed E-state index contributed by atoms with van der Waals surface area (Å²) >= 11 is 0. The van der Waals surface area contributed by atoms with Crippen LogP contribution in [-0.2, 0) is 0 Å². The van der Waals surface area contributed by atoms with Gasteiger partial charge < -0.3 is 15.2 Å². The van der Waals surface area contributed by atoms with E-state index in [4.69, 9.17) is 0 Å². The largest absolute Gasteiger partial charge is 0.383 e. The first-order valence-corrected chi connectivity index (χ1v) is 7.33. The maximum absolute atomic E-state index is 12.1. The van der Waals surface area contributed by atoms with Gasteiger partial charge in [0, 0.05) is 18.5 Å². The lowest BCUT2D eigenvalue weighted by Gasteiger charge is -2.29. The Morgan fingerprint density at radius 3 is 2.59 bits per heavy atom. The Bertz CT molecular complexity index is 732. The summed E-state index contributed by atoms with van der Waals surface area (Å²) in [5, 5.41) is 4.17. The Kier molecular flexibility index (Phi) is 4.66. The van der Waals surface area contributed by atoms with E-state index in [0.29, 0.717) is 18.5 Å². The van der Waals surface area contributed by atoms with Crippen molar-refractivity contribution in [3.05, 3.63) is 40.2 Å². The van der Waals surface area contributed by atoms with E-state index in [1.807, 2.05) is 38.4 Å². The van der Waals surface area contributed by atoms with Crippen LogP contribution in [0.15, 0.2) is 29.1 Å². The molecule has 0 aliphatic carbocycles. The van der Waals surface area contributed by atoms with E-state index in [0.717, 1.165) is 17.4 Å². The molecule has 5 nitrogen and oxygen atoms in total. The van der Waals surface area contributed by atoms with E-state index in [-0.39, 0.29) is 16.5 Å². The van der Waals surface area contributed by atoms with Crippen molar-refractivity contribution in [1.29, 1.82) is 0 Å². The smallest absolute Gasteiger partial charge is 0.261 e. The third-order valence-corrected chi connectivity index (χ3v) is 3.56. The molecule has 5 heteroatoms. The van der Waals surface area contributed by atoms with Crippen LogP contribution in [0.1, 0.15) is 24.2 Å². The summed E-state index contributed by atoms with van der Waals surface area (Å²) in [5.41, 5.74) is 1.14.